The topological polar surface area (TPSA) is 85.3 Å². The van der Waals surface area contributed by atoms with Crippen LogP contribution in [-0.2, 0) is 6.54 Å². The highest BCUT2D eigenvalue weighted by atomic mass is 16.2. The van der Waals surface area contributed by atoms with Gasteiger partial charge in [-0.15, -0.1) is 0 Å². The molecule has 1 aromatic carbocycles. The van der Waals surface area contributed by atoms with Crippen molar-refractivity contribution in [2.45, 2.75) is 6.54 Å². The number of urea groups is 1. The van der Waals surface area contributed by atoms with Crippen LogP contribution in [0.15, 0.2) is 60.1 Å². The first-order valence-corrected chi connectivity index (χ1v) is 6.79. The van der Waals surface area contributed by atoms with E-state index in [1.807, 2.05) is 42.7 Å². The number of primary amides is 1. The van der Waals surface area contributed by atoms with Crippen LogP contribution in [0, 0.1) is 0 Å². The maximum absolute atomic E-state index is 10.6. The van der Waals surface area contributed by atoms with Crippen LogP contribution in [0.5, 0.6) is 0 Å². The molecule has 0 saturated carbocycles. The van der Waals surface area contributed by atoms with E-state index in [9.17, 15) is 4.79 Å². The molecule has 0 fully saturated rings. The van der Waals surface area contributed by atoms with Crippen molar-refractivity contribution in [1.29, 1.82) is 0 Å². The summed E-state index contributed by atoms with van der Waals surface area (Å²) in [4.78, 5) is 14.7. The number of carbonyl (C=O) groups is 1. The molecule has 3 N–H and O–H groups in total. The van der Waals surface area contributed by atoms with Crippen molar-refractivity contribution in [1.82, 2.24) is 15.0 Å². The molecule has 3 aromatic rings. The van der Waals surface area contributed by atoms with E-state index in [1.165, 1.54) is 0 Å². The number of aromatic nitrogens is 2. The second-order valence-electron chi connectivity index (χ2n) is 4.86. The van der Waals surface area contributed by atoms with Crippen molar-refractivity contribution in [2.24, 2.45) is 10.8 Å². The smallest absolute Gasteiger partial charge is 0.332 e. The van der Waals surface area contributed by atoms with Gasteiger partial charge >= 0.3 is 6.03 Å². The summed E-state index contributed by atoms with van der Waals surface area (Å²) >= 11 is 0. The standard InChI is InChI=1S/C16H15N5O/c17-16(22)20-19-10-12-3-4-15-14(8-12)5-7-21(15)11-13-2-1-6-18-9-13/h1-10H,11H2,(H3,17,20,22). The van der Waals surface area contributed by atoms with E-state index in [-0.39, 0.29) is 0 Å². The summed E-state index contributed by atoms with van der Waals surface area (Å²) < 4.78 is 2.16. The van der Waals surface area contributed by atoms with Crippen molar-refractivity contribution in [2.75, 3.05) is 0 Å². The molecule has 0 aliphatic carbocycles. The SMILES string of the molecule is NC(=O)NN=Cc1ccc2c(ccn2Cc2cccnc2)c1. The first kappa shape index (κ1) is 13.8. The van der Waals surface area contributed by atoms with Crippen LogP contribution in [0.25, 0.3) is 10.9 Å². The number of hydrazone groups is 1. The van der Waals surface area contributed by atoms with Gasteiger partial charge in [0.25, 0.3) is 0 Å². The molecule has 0 spiro atoms. The van der Waals surface area contributed by atoms with Crippen LogP contribution in [0.2, 0.25) is 0 Å². The summed E-state index contributed by atoms with van der Waals surface area (Å²) in [6, 6.07) is 11.3. The summed E-state index contributed by atoms with van der Waals surface area (Å²) in [6.45, 7) is 0.772. The van der Waals surface area contributed by atoms with Gasteiger partial charge < -0.3 is 10.3 Å². The second-order valence-corrected chi connectivity index (χ2v) is 4.86. The van der Waals surface area contributed by atoms with Gasteiger partial charge in [-0.2, -0.15) is 5.10 Å². The summed E-state index contributed by atoms with van der Waals surface area (Å²) in [6.07, 6.45) is 7.23. The third kappa shape index (κ3) is 3.12. The number of hydrogen-bond donors (Lipinski definition) is 2. The molecular weight excluding hydrogens is 278 g/mol. The Balaban J connectivity index is 1.83. The lowest BCUT2D eigenvalue weighted by atomic mass is 10.2. The Morgan fingerprint density at radius 2 is 2.27 bits per heavy atom. The van der Waals surface area contributed by atoms with Gasteiger partial charge in [0.15, 0.2) is 0 Å². The zero-order chi connectivity index (χ0) is 15.4. The molecule has 0 unspecified atom stereocenters. The van der Waals surface area contributed by atoms with Gasteiger partial charge in [-0.3, -0.25) is 4.98 Å². The van der Waals surface area contributed by atoms with Crippen LogP contribution in [0.3, 0.4) is 0 Å². The van der Waals surface area contributed by atoms with E-state index in [4.69, 9.17) is 5.73 Å². The molecule has 2 amide bonds. The van der Waals surface area contributed by atoms with Gasteiger partial charge in [0.2, 0.25) is 0 Å². The minimum atomic E-state index is -0.681. The summed E-state index contributed by atoms with van der Waals surface area (Å²) in [7, 11) is 0. The molecule has 0 radical (unpaired) electrons. The zero-order valence-electron chi connectivity index (χ0n) is 11.8. The lowest BCUT2D eigenvalue weighted by Gasteiger charge is -2.05. The molecule has 2 aromatic heterocycles. The van der Waals surface area contributed by atoms with Gasteiger partial charge in [0, 0.05) is 36.0 Å². The molecule has 6 heteroatoms. The normalized spacial score (nSPS) is 11.1. The first-order valence-electron chi connectivity index (χ1n) is 6.79. The lowest BCUT2D eigenvalue weighted by Crippen LogP contribution is -2.24. The van der Waals surface area contributed by atoms with Crippen LogP contribution in [-0.4, -0.2) is 21.8 Å². The van der Waals surface area contributed by atoms with Crippen molar-refractivity contribution in [3.05, 3.63) is 66.1 Å². The van der Waals surface area contributed by atoms with Crippen molar-refractivity contribution in [3.8, 4) is 0 Å². The fourth-order valence-corrected chi connectivity index (χ4v) is 2.30. The third-order valence-corrected chi connectivity index (χ3v) is 3.26. The number of pyridine rings is 1. The van der Waals surface area contributed by atoms with E-state index in [1.54, 1.807) is 12.4 Å². The van der Waals surface area contributed by atoms with Gasteiger partial charge in [-0.1, -0.05) is 12.1 Å². The average molecular weight is 293 g/mol. The Morgan fingerprint density at radius 1 is 1.36 bits per heavy atom. The molecule has 0 atom stereocenters. The van der Waals surface area contributed by atoms with Gasteiger partial charge in [-0.05, 0) is 35.4 Å². The molecular formula is C16H15N5O. The fourth-order valence-electron chi connectivity index (χ4n) is 2.30. The van der Waals surface area contributed by atoms with E-state index in [2.05, 4.69) is 26.1 Å². The summed E-state index contributed by atoms with van der Waals surface area (Å²) in [5.74, 6) is 0. The number of benzene rings is 1. The summed E-state index contributed by atoms with van der Waals surface area (Å²) in [5, 5.41) is 4.86. The number of rotatable bonds is 4. The molecule has 0 saturated heterocycles. The number of amides is 2. The lowest BCUT2D eigenvalue weighted by molar-refractivity contribution is 0.249. The number of nitrogens with two attached hydrogens (primary N) is 1. The Morgan fingerprint density at radius 3 is 3.05 bits per heavy atom. The van der Waals surface area contributed by atoms with Crippen LogP contribution in [0.1, 0.15) is 11.1 Å². The monoisotopic (exact) mass is 293 g/mol. The number of nitrogens with zero attached hydrogens (tertiary/aromatic N) is 3. The zero-order valence-corrected chi connectivity index (χ0v) is 11.8. The highest BCUT2D eigenvalue weighted by Gasteiger charge is 2.02. The van der Waals surface area contributed by atoms with Crippen molar-refractivity contribution >= 4 is 23.1 Å². The van der Waals surface area contributed by atoms with Crippen molar-refractivity contribution < 1.29 is 4.79 Å². The third-order valence-electron chi connectivity index (χ3n) is 3.26. The molecule has 0 aliphatic heterocycles. The van der Waals surface area contributed by atoms with E-state index >= 15 is 0 Å². The molecule has 110 valence electrons. The second kappa shape index (κ2) is 6.09. The molecule has 0 aliphatic rings. The van der Waals surface area contributed by atoms with E-state index in [0.29, 0.717) is 0 Å². The maximum atomic E-state index is 10.6. The van der Waals surface area contributed by atoms with E-state index in [0.717, 1.165) is 28.6 Å². The van der Waals surface area contributed by atoms with Gasteiger partial charge in [0.1, 0.15) is 0 Å². The van der Waals surface area contributed by atoms with Gasteiger partial charge in [0.05, 0.1) is 6.21 Å². The average Bonchev–Trinajstić information content (AvgIpc) is 2.90. The Labute approximate surface area is 127 Å². The highest BCUT2D eigenvalue weighted by molar-refractivity contribution is 5.89. The number of fused-ring (bicyclic) bond motifs is 1. The molecule has 22 heavy (non-hydrogen) atoms. The summed E-state index contributed by atoms with van der Waals surface area (Å²) in [5.41, 5.74) is 10.3. The Kier molecular flexibility index (Phi) is 3.82. The maximum Gasteiger partial charge on any atom is 0.332 e. The highest BCUT2D eigenvalue weighted by Crippen LogP contribution is 2.18. The van der Waals surface area contributed by atoms with Crippen molar-refractivity contribution in [3.63, 3.8) is 0 Å². The van der Waals surface area contributed by atoms with E-state index < -0.39 is 6.03 Å². The Bertz CT molecular complexity index is 823. The number of nitrogens with one attached hydrogen (secondary N) is 1. The number of carbonyl (C=O) groups excluding carboxylic acids is 1. The molecule has 3 rings (SSSR count). The van der Waals surface area contributed by atoms with Crippen LogP contribution >= 0.6 is 0 Å². The Hall–Kier alpha value is -3.15. The largest absolute Gasteiger partial charge is 0.350 e. The first-order chi connectivity index (χ1) is 10.7. The number of hydrogen-bond acceptors (Lipinski definition) is 3. The molecule has 2 heterocycles. The van der Waals surface area contributed by atoms with Gasteiger partial charge in [-0.25, -0.2) is 10.2 Å². The minimum absolute atomic E-state index is 0.681. The predicted molar refractivity (Wildman–Crippen MR) is 85.6 cm³/mol. The minimum Gasteiger partial charge on any atom is -0.350 e. The molecule has 0 bridgehead atoms. The predicted octanol–water partition coefficient (Wildman–Crippen LogP) is 2.09. The van der Waals surface area contributed by atoms with Crippen LogP contribution < -0.4 is 11.2 Å². The van der Waals surface area contributed by atoms with Crippen LogP contribution in [0.4, 0.5) is 4.79 Å². The molecule has 6 nitrogen and oxygen atoms in total. The quantitative estimate of drug-likeness (QED) is 0.570. The fraction of sp³-hybridized carbons (Fsp3) is 0.0625.